The molecular formula is C38H40Cl2N6O5S. The van der Waals surface area contributed by atoms with Gasteiger partial charge in [-0.3, -0.25) is 9.59 Å². The molecule has 0 unspecified atom stereocenters. The molecule has 14 heteroatoms. The number of rotatable bonds is 14. The standard InChI is InChI=1S/C38H40Cl2N6O5S/c1-49-36-21(16-41-18-23-10-13-32(47)43-23)9-12-30(45-36)27-7-3-5-25(34(27)40)26-6-4-8-28-31(20-52-35(26)28)51-38-29(39)15-22(37(46-38)50-2)17-42-19-24-11-14-33(48)44-24/h3-9,12,15,23-24,31,41-42H,10-11,13-14,16-20H2,1-2H3,(H,43,47)(H,44,48)/t23-,24-,31-/m0/s1. The number of carbonyl (C=O) groups excluding carboxylic acids is 2. The summed E-state index contributed by atoms with van der Waals surface area (Å²) in [6.45, 7) is 2.38. The van der Waals surface area contributed by atoms with Crippen molar-refractivity contribution in [1.29, 1.82) is 0 Å². The highest BCUT2D eigenvalue weighted by atomic mass is 35.5. The molecular weight excluding hydrogens is 723 g/mol. The summed E-state index contributed by atoms with van der Waals surface area (Å²) in [4.78, 5) is 33.6. The Kier molecular flexibility index (Phi) is 11.4. The van der Waals surface area contributed by atoms with Gasteiger partial charge in [-0.25, -0.2) is 4.98 Å². The molecule has 0 radical (unpaired) electrons. The maximum absolute atomic E-state index is 11.5. The van der Waals surface area contributed by atoms with Crippen molar-refractivity contribution in [1.82, 2.24) is 31.2 Å². The lowest BCUT2D eigenvalue weighted by atomic mass is 9.98. The van der Waals surface area contributed by atoms with Crippen LogP contribution in [0.5, 0.6) is 17.6 Å². The first-order valence-corrected chi connectivity index (χ1v) is 19.0. The minimum absolute atomic E-state index is 0.0873. The number of aromatic nitrogens is 2. The van der Waals surface area contributed by atoms with Crippen molar-refractivity contribution in [3.63, 3.8) is 0 Å². The molecule has 3 aliphatic heterocycles. The molecule has 2 fully saturated rings. The van der Waals surface area contributed by atoms with Crippen LogP contribution in [-0.2, 0) is 22.7 Å². The normalized spacial score (nSPS) is 19.3. The molecule has 52 heavy (non-hydrogen) atoms. The van der Waals surface area contributed by atoms with E-state index in [2.05, 4.69) is 38.4 Å². The lowest BCUT2D eigenvalue weighted by molar-refractivity contribution is -0.120. The highest BCUT2D eigenvalue weighted by molar-refractivity contribution is 7.99. The molecule has 272 valence electrons. The summed E-state index contributed by atoms with van der Waals surface area (Å²) in [5.41, 5.74) is 6.14. The van der Waals surface area contributed by atoms with E-state index < -0.39 is 0 Å². The molecule has 2 amide bonds. The number of ether oxygens (including phenoxy) is 3. The van der Waals surface area contributed by atoms with E-state index in [9.17, 15) is 9.59 Å². The number of benzene rings is 2. The number of thioether (sulfide) groups is 1. The van der Waals surface area contributed by atoms with Crippen LogP contribution < -0.4 is 35.5 Å². The Bertz CT molecular complexity index is 1980. The third kappa shape index (κ3) is 7.96. The fourth-order valence-corrected chi connectivity index (χ4v) is 8.64. The second-order valence-electron chi connectivity index (χ2n) is 13.0. The third-order valence-electron chi connectivity index (χ3n) is 9.48. The van der Waals surface area contributed by atoms with Gasteiger partial charge in [0, 0.05) is 89.6 Å². The second-order valence-corrected chi connectivity index (χ2v) is 14.8. The van der Waals surface area contributed by atoms with Crippen LogP contribution in [0.1, 0.15) is 48.5 Å². The van der Waals surface area contributed by atoms with E-state index in [0.717, 1.165) is 51.1 Å². The highest BCUT2D eigenvalue weighted by Crippen LogP contribution is 2.48. The summed E-state index contributed by atoms with van der Waals surface area (Å²) in [7, 11) is 3.18. The molecule has 0 saturated carbocycles. The monoisotopic (exact) mass is 762 g/mol. The summed E-state index contributed by atoms with van der Waals surface area (Å²) in [5.74, 6) is 2.11. The van der Waals surface area contributed by atoms with Crippen LogP contribution in [0.3, 0.4) is 0 Å². The van der Waals surface area contributed by atoms with Crippen molar-refractivity contribution in [2.45, 2.75) is 61.9 Å². The molecule has 2 aromatic carbocycles. The molecule has 11 nitrogen and oxygen atoms in total. The molecule has 3 aliphatic rings. The molecule has 7 rings (SSSR count). The van der Waals surface area contributed by atoms with Crippen molar-refractivity contribution in [3.8, 4) is 40.0 Å². The SMILES string of the molecule is COc1nc(-c2cccc(-c3cccc4c3SC[C@@H]4Oc3nc(OC)c(CNC[C@@H]4CCC(=O)N4)cc3Cl)c2Cl)ccc1CNC[C@@H]1CCC(=O)N1. The van der Waals surface area contributed by atoms with Crippen molar-refractivity contribution in [2.75, 3.05) is 33.1 Å². The minimum atomic E-state index is -0.288. The van der Waals surface area contributed by atoms with Crippen molar-refractivity contribution < 1.29 is 23.8 Å². The predicted octanol–water partition coefficient (Wildman–Crippen LogP) is 6.10. The van der Waals surface area contributed by atoms with Crippen molar-refractivity contribution in [2.24, 2.45) is 0 Å². The van der Waals surface area contributed by atoms with Crippen LogP contribution in [0.2, 0.25) is 10.0 Å². The summed E-state index contributed by atoms with van der Waals surface area (Å²) in [5, 5.41) is 13.7. The van der Waals surface area contributed by atoms with Crippen molar-refractivity contribution >= 4 is 46.8 Å². The first-order valence-electron chi connectivity index (χ1n) is 17.3. The van der Waals surface area contributed by atoms with Gasteiger partial charge in [0.2, 0.25) is 29.5 Å². The number of halogens is 2. The van der Waals surface area contributed by atoms with Crippen LogP contribution in [0.15, 0.2) is 59.5 Å². The number of pyridine rings is 2. The zero-order valence-corrected chi connectivity index (χ0v) is 31.2. The third-order valence-corrected chi connectivity index (χ3v) is 11.4. The molecule has 3 atom stereocenters. The Labute approximate surface area is 316 Å². The number of hydrogen-bond donors (Lipinski definition) is 4. The van der Waals surface area contributed by atoms with Crippen LogP contribution in [0.4, 0.5) is 0 Å². The maximum atomic E-state index is 11.5. The van der Waals surface area contributed by atoms with Crippen LogP contribution in [0, 0.1) is 0 Å². The average molecular weight is 764 g/mol. The van der Waals surface area contributed by atoms with Crippen LogP contribution in [-0.4, -0.2) is 66.9 Å². The van der Waals surface area contributed by atoms with E-state index in [-0.39, 0.29) is 30.0 Å². The van der Waals surface area contributed by atoms with Crippen LogP contribution in [0.25, 0.3) is 22.4 Å². The van der Waals surface area contributed by atoms with Gasteiger partial charge in [0.15, 0.2) is 0 Å². The number of nitrogens with zero attached hydrogens (tertiary/aromatic N) is 2. The van der Waals surface area contributed by atoms with E-state index in [1.165, 1.54) is 0 Å². The maximum Gasteiger partial charge on any atom is 0.236 e. The minimum Gasteiger partial charge on any atom is -0.481 e. The predicted molar refractivity (Wildman–Crippen MR) is 202 cm³/mol. The van der Waals surface area contributed by atoms with E-state index in [0.29, 0.717) is 78.2 Å². The molecule has 0 aliphatic carbocycles. The molecule has 5 heterocycles. The van der Waals surface area contributed by atoms with E-state index >= 15 is 0 Å². The number of hydrogen-bond acceptors (Lipinski definition) is 10. The van der Waals surface area contributed by atoms with Gasteiger partial charge >= 0.3 is 0 Å². The summed E-state index contributed by atoms with van der Waals surface area (Å²) < 4.78 is 17.7. The fourth-order valence-electron chi connectivity index (χ4n) is 6.83. The zero-order valence-electron chi connectivity index (χ0n) is 28.9. The van der Waals surface area contributed by atoms with Gasteiger partial charge < -0.3 is 35.5 Å². The van der Waals surface area contributed by atoms with Gasteiger partial charge in [0.1, 0.15) is 11.1 Å². The van der Waals surface area contributed by atoms with Gasteiger partial charge in [0.05, 0.1) is 24.9 Å². The van der Waals surface area contributed by atoms with Gasteiger partial charge in [0.25, 0.3) is 0 Å². The summed E-state index contributed by atoms with van der Waals surface area (Å²) in [6.07, 6.45) is 2.50. The molecule has 2 saturated heterocycles. The fraction of sp³-hybridized carbons (Fsp3) is 0.368. The van der Waals surface area contributed by atoms with Crippen molar-refractivity contribution in [3.05, 3.63) is 81.3 Å². The molecule has 0 spiro atoms. The number of nitrogens with one attached hydrogen (secondary N) is 4. The second kappa shape index (κ2) is 16.3. The smallest absolute Gasteiger partial charge is 0.236 e. The first-order chi connectivity index (χ1) is 25.3. The van der Waals surface area contributed by atoms with E-state index in [1.807, 2.05) is 42.5 Å². The molecule has 4 N–H and O–H groups in total. The topological polar surface area (TPSA) is 136 Å². The number of amides is 2. The molecule has 2 aromatic heterocycles. The van der Waals surface area contributed by atoms with Gasteiger partial charge in [-0.15, -0.1) is 11.8 Å². The lowest BCUT2D eigenvalue weighted by Crippen LogP contribution is -2.35. The highest BCUT2D eigenvalue weighted by Gasteiger charge is 2.30. The molecule has 4 aromatic rings. The van der Waals surface area contributed by atoms with E-state index in [1.54, 1.807) is 26.0 Å². The Balaban J connectivity index is 1.06. The Morgan fingerprint density at radius 2 is 1.42 bits per heavy atom. The summed E-state index contributed by atoms with van der Waals surface area (Å²) >= 11 is 15.6. The van der Waals surface area contributed by atoms with Gasteiger partial charge in [-0.05, 0) is 30.5 Å². The first kappa shape index (κ1) is 36.3. The number of carbonyl (C=O) groups is 2. The largest absolute Gasteiger partial charge is 0.481 e. The van der Waals surface area contributed by atoms with E-state index in [4.69, 9.17) is 42.4 Å². The van der Waals surface area contributed by atoms with Gasteiger partial charge in [-0.2, -0.15) is 4.98 Å². The number of methoxy groups -OCH3 is 2. The Hall–Kier alpha value is -4.07. The quantitative estimate of drug-likeness (QED) is 0.119. The Morgan fingerprint density at radius 1 is 0.788 bits per heavy atom. The molecule has 0 bridgehead atoms. The van der Waals surface area contributed by atoms with Crippen LogP contribution >= 0.6 is 35.0 Å². The summed E-state index contributed by atoms with van der Waals surface area (Å²) in [6, 6.07) is 18.1. The number of fused-ring (bicyclic) bond motifs is 1. The lowest BCUT2D eigenvalue weighted by Gasteiger charge is -2.18. The van der Waals surface area contributed by atoms with Gasteiger partial charge in [-0.1, -0.05) is 65.7 Å². The average Bonchev–Trinajstić information content (AvgIpc) is 3.89. The zero-order chi connectivity index (χ0) is 36.2. The Morgan fingerprint density at radius 3 is 2.10 bits per heavy atom.